The Hall–Kier alpha value is -1.59. The van der Waals surface area contributed by atoms with Crippen LogP contribution in [0.5, 0.6) is 0 Å². The molecule has 2 heterocycles. The molecule has 0 saturated carbocycles. The lowest BCUT2D eigenvalue weighted by Crippen LogP contribution is -2.52. The number of anilines is 1. The summed E-state index contributed by atoms with van der Waals surface area (Å²) in [7, 11) is 0. The van der Waals surface area contributed by atoms with Gasteiger partial charge in [-0.15, -0.1) is 0 Å². The van der Waals surface area contributed by atoms with Gasteiger partial charge in [-0.25, -0.2) is 4.79 Å². The van der Waals surface area contributed by atoms with E-state index in [2.05, 4.69) is 32.3 Å². The second kappa shape index (κ2) is 6.89. The van der Waals surface area contributed by atoms with E-state index in [4.69, 9.17) is 11.6 Å². The minimum absolute atomic E-state index is 0.110. The van der Waals surface area contributed by atoms with E-state index in [-0.39, 0.29) is 6.03 Å². The number of likely N-dealkylation sites (tertiary alicyclic amines) is 1. The second-order valence-corrected chi connectivity index (χ2v) is 6.99. The van der Waals surface area contributed by atoms with E-state index < -0.39 is 0 Å². The van der Waals surface area contributed by atoms with Crippen molar-refractivity contribution in [2.24, 2.45) is 5.92 Å². The number of benzene rings is 1. The predicted octanol–water partition coefficient (Wildman–Crippen LogP) is 4.51. The second-order valence-electron chi connectivity index (χ2n) is 5.75. The summed E-state index contributed by atoms with van der Waals surface area (Å²) < 4.78 is 1.13. The van der Waals surface area contributed by atoms with Gasteiger partial charge in [0.1, 0.15) is 0 Å². The Morgan fingerprint density at radius 2 is 2.13 bits per heavy atom. The molecule has 6 heteroatoms. The molecule has 1 saturated heterocycles. The molecule has 0 aliphatic carbocycles. The molecule has 3 rings (SSSR count). The molecule has 2 aromatic rings. The molecule has 0 bridgehead atoms. The first-order valence-corrected chi connectivity index (χ1v) is 8.62. The van der Waals surface area contributed by atoms with E-state index in [1.54, 1.807) is 17.2 Å². The van der Waals surface area contributed by atoms with Crippen molar-refractivity contribution in [3.63, 3.8) is 0 Å². The zero-order chi connectivity index (χ0) is 16.4. The van der Waals surface area contributed by atoms with Crippen LogP contribution >= 0.6 is 27.5 Å². The lowest BCUT2D eigenvalue weighted by Gasteiger charge is -2.39. The Morgan fingerprint density at radius 1 is 1.39 bits per heavy atom. The molecule has 0 unspecified atom stereocenters. The molecule has 1 fully saturated rings. The lowest BCUT2D eigenvalue weighted by atomic mass is 9.92. The SMILES string of the molecule is Cc1nccc(NC(=O)N2CC(Cc3ccccc3Br)C2)c1Cl. The van der Waals surface area contributed by atoms with E-state index in [0.29, 0.717) is 22.3 Å². The van der Waals surface area contributed by atoms with Crippen molar-refractivity contribution in [2.75, 3.05) is 18.4 Å². The van der Waals surface area contributed by atoms with Crippen LogP contribution in [0.15, 0.2) is 41.0 Å². The maximum atomic E-state index is 12.2. The van der Waals surface area contributed by atoms with Gasteiger partial charge in [0, 0.05) is 23.8 Å². The number of hydrogen-bond acceptors (Lipinski definition) is 2. The molecule has 0 radical (unpaired) electrons. The van der Waals surface area contributed by atoms with Crippen molar-refractivity contribution < 1.29 is 4.79 Å². The molecular weight excluding hydrogens is 378 g/mol. The Morgan fingerprint density at radius 3 is 2.87 bits per heavy atom. The van der Waals surface area contributed by atoms with Crippen LogP contribution in [0.3, 0.4) is 0 Å². The number of nitrogens with one attached hydrogen (secondary N) is 1. The fourth-order valence-corrected chi connectivity index (χ4v) is 3.28. The van der Waals surface area contributed by atoms with Gasteiger partial charge in [-0.2, -0.15) is 0 Å². The first kappa shape index (κ1) is 16.3. The van der Waals surface area contributed by atoms with Crippen LogP contribution < -0.4 is 5.32 Å². The van der Waals surface area contributed by atoms with E-state index in [9.17, 15) is 4.79 Å². The van der Waals surface area contributed by atoms with Gasteiger partial charge in [0.2, 0.25) is 0 Å². The molecule has 1 N–H and O–H groups in total. The zero-order valence-electron chi connectivity index (χ0n) is 12.7. The number of halogens is 2. The number of pyridine rings is 1. The minimum atomic E-state index is -0.110. The van der Waals surface area contributed by atoms with Crippen LogP contribution in [0.2, 0.25) is 5.02 Å². The third-order valence-electron chi connectivity index (χ3n) is 4.02. The van der Waals surface area contributed by atoms with Crippen LogP contribution in [0.25, 0.3) is 0 Å². The van der Waals surface area contributed by atoms with E-state index in [1.165, 1.54) is 5.56 Å². The van der Waals surface area contributed by atoms with Crippen LogP contribution in [-0.4, -0.2) is 29.0 Å². The van der Waals surface area contributed by atoms with Crippen molar-refractivity contribution in [1.29, 1.82) is 0 Å². The van der Waals surface area contributed by atoms with Crippen LogP contribution in [0.1, 0.15) is 11.3 Å². The van der Waals surface area contributed by atoms with Crippen LogP contribution in [0, 0.1) is 12.8 Å². The molecule has 4 nitrogen and oxygen atoms in total. The van der Waals surface area contributed by atoms with Gasteiger partial charge in [-0.05, 0) is 37.0 Å². The number of carbonyl (C=O) groups excluding carboxylic acids is 1. The van der Waals surface area contributed by atoms with Gasteiger partial charge in [0.05, 0.1) is 16.4 Å². The average Bonchev–Trinajstić information content (AvgIpc) is 2.49. The zero-order valence-corrected chi connectivity index (χ0v) is 15.1. The number of urea groups is 1. The van der Waals surface area contributed by atoms with Gasteiger partial charge >= 0.3 is 6.03 Å². The highest BCUT2D eigenvalue weighted by molar-refractivity contribution is 9.10. The molecule has 1 aliphatic heterocycles. The third kappa shape index (κ3) is 3.67. The molecule has 0 atom stereocenters. The Bertz CT molecular complexity index is 732. The molecule has 2 amide bonds. The largest absolute Gasteiger partial charge is 0.324 e. The molecule has 23 heavy (non-hydrogen) atoms. The lowest BCUT2D eigenvalue weighted by molar-refractivity contribution is 0.131. The Balaban J connectivity index is 1.54. The number of hydrogen-bond donors (Lipinski definition) is 1. The summed E-state index contributed by atoms with van der Waals surface area (Å²) in [4.78, 5) is 18.1. The summed E-state index contributed by atoms with van der Waals surface area (Å²) in [6.07, 6.45) is 2.61. The highest BCUT2D eigenvalue weighted by Gasteiger charge is 2.31. The van der Waals surface area contributed by atoms with E-state index in [0.717, 1.165) is 24.0 Å². The molecule has 1 aliphatic rings. The number of carbonyl (C=O) groups is 1. The molecule has 1 aromatic carbocycles. The quantitative estimate of drug-likeness (QED) is 0.832. The monoisotopic (exact) mass is 393 g/mol. The summed E-state index contributed by atoms with van der Waals surface area (Å²) in [6, 6.07) is 9.82. The van der Waals surface area contributed by atoms with E-state index >= 15 is 0 Å². The number of aryl methyl sites for hydroxylation is 1. The van der Waals surface area contributed by atoms with Crippen molar-refractivity contribution in [1.82, 2.24) is 9.88 Å². The number of aromatic nitrogens is 1. The van der Waals surface area contributed by atoms with Gasteiger partial charge in [0.15, 0.2) is 0 Å². The number of amides is 2. The Kier molecular flexibility index (Phi) is 4.87. The van der Waals surface area contributed by atoms with Gasteiger partial charge in [-0.1, -0.05) is 45.7 Å². The summed E-state index contributed by atoms with van der Waals surface area (Å²) in [5, 5.41) is 3.35. The molecular formula is C17H17BrClN3O. The topological polar surface area (TPSA) is 45.2 Å². The summed E-state index contributed by atoms with van der Waals surface area (Å²) >= 11 is 9.72. The fraction of sp³-hybridized carbons (Fsp3) is 0.294. The molecule has 0 spiro atoms. The van der Waals surface area contributed by atoms with Gasteiger partial charge in [0.25, 0.3) is 0 Å². The number of nitrogens with zero attached hydrogens (tertiary/aromatic N) is 2. The predicted molar refractivity (Wildman–Crippen MR) is 95.9 cm³/mol. The van der Waals surface area contributed by atoms with Crippen molar-refractivity contribution in [2.45, 2.75) is 13.3 Å². The third-order valence-corrected chi connectivity index (χ3v) is 5.27. The standard InChI is InChI=1S/C17H17BrClN3O/c1-11-16(19)15(6-7-20-11)21-17(23)22-9-12(10-22)8-13-4-2-3-5-14(13)18/h2-7,12H,8-10H2,1H3,(H,20,21,23). The maximum absolute atomic E-state index is 12.2. The maximum Gasteiger partial charge on any atom is 0.321 e. The normalized spacial score (nSPS) is 14.5. The van der Waals surface area contributed by atoms with Gasteiger partial charge in [-0.3, -0.25) is 4.98 Å². The van der Waals surface area contributed by atoms with Crippen LogP contribution in [-0.2, 0) is 6.42 Å². The first-order chi connectivity index (χ1) is 11.0. The summed E-state index contributed by atoms with van der Waals surface area (Å²) in [5.74, 6) is 0.495. The first-order valence-electron chi connectivity index (χ1n) is 7.45. The average molecular weight is 395 g/mol. The van der Waals surface area contributed by atoms with Crippen molar-refractivity contribution >= 4 is 39.2 Å². The highest BCUT2D eigenvalue weighted by Crippen LogP contribution is 2.27. The smallest absolute Gasteiger partial charge is 0.321 e. The summed E-state index contributed by atoms with van der Waals surface area (Å²) in [5.41, 5.74) is 2.60. The molecule has 120 valence electrons. The van der Waals surface area contributed by atoms with Crippen LogP contribution in [0.4, 0.5) is 10.5 Å². The summed E-state index contributed by atoms with van der Waals surface area (Å²) in [6.45, 7) is 3.33. The number of rotatable bonds is 3. The fourth-order valence-electron chi connectivity index (χ4n) is 2.68. The van der Waals surface area contributed by atoms with Crippen molar-refractivity contribution in [3.05, 3.63) is 57.3 Å². The minimum Gasteiger partial charge on any atom is -0.324 e. The van der Waals surface area contributed by atoms with E-state index in [1.807, 2.05) is 25.1 Å². The van der Waals surface area contributed by atoms with Crippen molar-refractivity contribution in [3.8, 4) is 0 Å². The highest BCUT2D eigenvalue weighted by atomic mass is 79.9. The Labute approximate surface area is 149 Å². The molecule has 1 aromatic heterocycles. The van der Waals surface area contributed by atoms with Gasteiger partial charge < -0.3 is 10.2 Å².